The summed E-state index contributed by atoms with van der Waals surface area (Å²) in [6, 6.07) is 0. The summed E-state index contributed by atoms with van der Waals surface area (Å²) in [5.41, 5.74) is 0.455. The van der Waals surface area contributed by atoms with Gasteiger partial charge in [0.25, 0.3) is 0 Å². The Morgan fingerprint density at radius 3 is 2.64 bits per heavy atom. The summed E-state index contributed by atoms with van der Waals surface area (Å²) in [5, 5.41) is 3.83. The van der Waals surface area contributed by atoms with E-state index in [1.165, 1.54) is 10.9 Å². The molecule has 0 saturated carbocycles. The van der Waals surface area contributed by atoms with Crippen LogP contribution in [0.3, 0.4) is 0 Å². The molecule has 0 unspecified atom stereocenters. The Morgan fingerprint density at radius 1 is 1.57 bits per heavy atom. The van der Waals surface area contributed by atoms with Crippen molar-refractivity contribution in [2.45, 2.75) is 6.42 Å². The second-order valence-corrected chi connectivity index (χ2v) is 5.47. The van der Waals surface area contributed by atoms with Crippen LogP contribution in [0.15, 0.2) is 12.4 Å². The average Bonchev–Trinajstić information content (AvgIpc) is 2.46. The molecule has 0 bridgehead atoms. The zero-order valence-corrected chi connectivity index (χ0v) is 8.91. The maximum Gasteiger partial charge on any atom is 0.167 e. The summed E-state index contributed by atoms with van der Waals surface area (Å²) in [6.07, 6.45) is 4.14. The Hall–Kier alpha value is -1.17. The Morgan fingerprint density at radius 2 is 2.21 bits per heavy atom. The van der Waals surface area contributed by atoms with E-state index in [9.17, 15) is 13.2 Å². The Labute approximate surface area is 82.7 Å². The van der Waals surface area contributed by atoms with Crippen molar-refractivity contribution >= 4 is 15.6 Å². The molecule has 1 aromatic heterocycles. The molecule has 0 amide bonds. The number of carbonyl (C=O) groups excluding carboxylic acids is 1. The lowest BCUT2D eigenvalue weighted by Crippen LogP contribution is -2.09. The molecule has 0 N–H and O–H groups in total. The third-order valence-electron chi connectivity index (χ3n) is 1.73. The fraction of sp³-hybridized carbons (Fsp3) is 0.500. The number of ketones is 1. The van der Waals surface area contributed by atoms with Crippen molar-refractivity contribution in [1.29, 1.82) is 0 Å². The number of sulfone groups is 1. The first kappa shape index (κ1) is 10.9. The Kier molecular flexibility index (Phi) is 3.05. The van der Waals surface area contributed by atoms with E-state index in [1.807, 2.05) is 0 Å². The minimum atomic E-state index is -3.07. The molecule has 0 spiro atoms. The smallest absolute Gasteiger partial charge is 0.167 e. The average molecular weight is 216 g/mol. The van der Waals surface area contributed by atoms with E-state index < -0.39 is 9.84 Å². The number of aryl methyl sites for hydroxylation is 1. The van der Waals surface area contributed by atoms with Crippen molar-refractivity contribution in [2.75, 3.05) is 12.0 Å². The lowest BCUT2D eigenvalue weighted by Gasteiger charge is -1.95. The first-order valence-corrected chi connectivity index (χ1v) is 6.14. The molecule has 1 aromatic rings. The van der Waals surface area contributed by atoms with Gasteiger partial charge in [-0.05, 0) is 0 Å². The summed E-state index contributed by atoms with van der Waals surface area (Å²) in [5.74, 6) is -0.302. The quantitative estimate of drug-likeness (QED) is 0.666. The predicted molar refractivity (Wildman–Crippen MR) is 51.9 cm³/mol. The molecule has 5 nitrogen and oxygen atoms in total. The van der Waals surface area contributed by atoms with Crippen molar-refractivity contribution in [3.63, 3.8) is 0 Å². The summed E-state index contributed by atoms with van der Waals surface area (Å²) >= 11 is 0. The molecule has 0 atom stereocenters. The molecule has 6 heteroatoms. The topological polar surface area (TPSA) is 69.0 Å². The lowest BCUT2D eigenvalue weighted by atomic mass is 10.2. The van der Waals surface area contributed by atoms with Gasteiger partial charge in [0.2, 0.25) is 0 Å². The van der Waals surface area contributed by atoms with Gasteiger partial charge in [-0.2, -0.15) is 5.10 Å². The van der Waals surface area contributed by atoms with Crippen molar-refractivity contribution in [3.8, 4) is 0 Å². The zero-order valence-electron chi connectivity index (χ0n) is 8.10. The van der Waals surface area contributed by atoms with Gasteiger partial charge in [0.15, 0.2) is 5.78 Å². The van der Waals surface area contributed by atoms with Crippen molar-refractivity contribution < 1.29 is 13.2 Å². The minimum absolute atomic E-state index is 0.0184. The second-order valence-electron chi connectivity index (χ2n) is 3.21. The predicted octanol–water partition coefficient (Wildman–Crippen LogP) is 0.0375. The lowest BCUT2D eigenvalue weighted by molar-refractivity contribution is 0.0988. The summed E-state index contributed by atoms with van der Waals surface area (Å²) in [7, 11) is -1.37. The number of Topliss-reactive ketones (excluding diaryl/α,β-unsaturated/α-hetero) is 1. The monoisotopic (exact) mass is 216 g/mol. The van der Waals surface area contributed by atoms with Crippen LogP contribution in [0.5, 0.6) is 0 Å². The van der Waals surface area contributed by atoms with E-state index in [4.69, 9.17) is 0 Å². The number of rotatable bonds is 4. The highest BCUT2D eigenvalue weighted by Crippen LogP contribution is 2.02. The van der Waals surface area contributed by atoms with Gasteiger partial charge in [0.05, 0.1) is 17.5 Å². The summed E-state index contributed by atoms with van der Waals surface area (Å²) in [4.78, 5) is 11.4. The van der Waals surface area contributed by atoms with Gasteiger partial charge in [-0.1, -0.05) is 0 Å². The molecule has 0 aliphatic heterocycles. The van der Waals surface area contributed by atoms with Crippen molar-refractivity contribution in [1.82, 2.24) is 9.78 Å². The molecule has 0 radical (unpaired) electrons. The Bertz CT molecular complexity index is 433. The molecule has 78 valence electrons. The first-order chi connectivity index (χ1) is 6.38. The molecule has 0 aliphatic rings. The first-order valence-electron chi connectivity index (χ1n) is 4.08. The Balaban J connectivity index is 2.60. The highest BCUT2D eigenvalue weighted by atomic mass is 32.2. The highest BCUT2D eigenvalue weighted by Gasteiger charge is 2.11. The van der Waals surface area contributed by atoms with E-state index >= 15 is 0 Å². The number of nitrogens with zero attached hydrogens (tertiary/aromatic N) is 2. The molecule has 0 fully saturated rings. The molecule has 0 aromatic carbocycles. The van der Waals surface area contributed by atoms with Gasteiger partial charge in [0.1, 0.15) is 9.84 Å². The van der Waals surface area contributed by atoms with Crippen LogP contribution in [0.25, 0.3) is 0 Å². The maximum atomic E-state index is 11.4. The van der Waals surface area contributed by atoms with Crippen LogP contribution in [-0.4, -0.2) is 36.0 Å². The van der Waals surface area contributed by atoms with E-state index in [-0.39, 0.29) is 18.0 Å². The van der Waals surface area contributed by atoms with Gasteiger partial charge < -0.3 is 0 Å². The highest BCUT2D eigenvalue weighted by molar-refractivity contribution is 7.90. The van der Waals surface area contributed by atoms with Crippen molar-refractivity contribution in [2.24, 2.45) is 7.05 Å². The van der Waals surface area contributed by atoms with Crippen LogP contribution in [0.1, 0.15) is 16.8 Å². The van der Waals surface area contributed by atoms with E-state index in [0.29, 0.717) is 5.56 Å². The summed E-state index contributed by atoms with van der Waals surface area (Å²) < 4.78 is 23.1. The van der Waals surface area contributed by atoms with Gasteiger partial charge in [-0.15, -0.1) is 0 Å². The largest absolute Gasteiger partial charge is 0.294 e. The third kappa shape index (κ3) is 3.29. The minimum Gasteiger partial charge on any atom is -0.294 e. The van der Waals surface area contributed by atoms with E-state index in [0.717, 1.165) is 6.26 Å². The zero-order chi connectivity index (χ0) is 10.8. The normalized spacial score (nSPS) is 11.6. The van der Waals surface area contributed by atoms with Crippen LogP contribution < -0.4 is 0 Å². The van der Waals surface area contributed by atoms with Gasteiger partial charge >= 0.3 is 0 Å². The van der Waals surface area contributed by atoms with Crippen molar-refractivity contribution in [3.05, 3.63) is 18.0 Å². The van der Waals surface area contributed by atoms with Crippen LogP contribution in [0.4, 0.5) is 0 Å². The van der Waals surface area contributed by atoms with Gasteiger partial charge in [-0.3, -0.25) is 9.48 Å². The SMILES string of the molecule is Cn1cc(C(=O)CCS(C)(=O)=O)cn1. The molecule has 0 aliphatic carbocycles. The van der Waals surface area contributed by atoms with Gasteiger partial charge in [-0.25, -0.2) is 8.42 Å². The standard InChI is InChI=1S/C8H12N2O3S/c1-10-6-7(5-9-10)8(11)3-4-14(2,12)13/h5-6H,3-4H2,1-2H3. The maximum absolute atomic E-state index is 11.4. The molecule has 14 heavy (non-hydrogen) atoms. The van der Waals surface area contributed by atoms with E-state index in [2.05, 4.69) is 5.10 Å². The fourth-order valence-corrected chi connectivity index (χ4v) is 1.54. The number of carbonyl (C=O) groups is 1. The van der Waals surface area contributed by atoms with Crippen LogP contribution in [0.2, 0.25) is 0 Å². The number of hydrogen-bond donors (Lipinski definition) is 0. The molecule has 0 saturated heterocycles. The molecule has 1 rings (SSSR count). The van der Waals surface area contributed by atoms with Gasteiger partial charge in [0, 0.05) is 25.9 Å². The van der Waals surface area contributed by atoms with Crippen LogP contribution in [-0.2, 0) is 16.9 Å². The molecular weight excluding hydrogens is 204 g/mol. The molecule has 1 heterocycles. The van der Waals surface area contributed by atoms with Crippen LogP contribution >= 0.6 is 0 Å². The summed E-state index contributed by atoms with van der Waals surface area (Å²) in [6.45, 7) is 0. The van der Waals surface area contributed by atoms with Crippen LogP contribution in [0, 0.1) is 0 Å². The molecular formula is C8H12N2O3S. The number of aromatic nitrogens is 2. The second kappa shape index (κ2) is 3.91. The number of hydrogen-bond acceptors (Lipinski definition) is 4. The van der Waals surface area contributed by atoms with E-state index in [1.54, 1.807) is 13.2 Å². The third-order valence-corrected chi connectivity index (χ3v) is 2.67. The fourth-order valence-electron chi connectivity index (χ4n) is 0.988.